The second kappa shape index (κ2) is 11.1. The smallest absolute Gasteiger partial charge is 0.191 e. The molecule has 0 amide bonds. The van der Waals surface area contributed by atoms with E-state index >= 15 is 0 Å². The molecule has 0 atom stereocenters. The SMILES string of the molecule is CN=C(NCCN(C(C)C)C(C)C)NCc1ccccc1N1CCOCC1. The van der Waals surface area contributed by atoms with E-state index in [9.17, 15) is 0 Å². The van der Waals surface area contributed by atoms with Gasteiger partial charge in [-0.3, -0.25) is 9.89 Å². The molecule has 1 saturated heterocycles. The lowest BCUT2D eigenvalue weighted by atomic mass is 10.1. The third-order valence-electron chi connectivity index (χ3n) is 5.00. The lowest BCUT2D eigenvalue weighted by Crippen LogP contribution is -2.45. The highest BCUT2D eigenvalue weighted by atomic mass is 16.5. The Morgan fingerprint density at radius 1 is 1.11 bits per heavy atom. The number of ether oxygens (including phenoxy) is 1. The van der Waals surface area contributed by atoms with Gasteiger partial charge in [-0.25, -0.2) is 0 Å². The van der Waals surface area contributed by atoms with Gasteiger partial charge >= 0.3 is 0 Å². The Balaban J connectivity index is 1.87. The van der Waals surface area contributed by atoms with Gasteiger partial charge in [-0.2, -0.15) is 0 Å². The van der Waals surface area contributed by atoms with E-state index in [4.69, 9.17) is 4.74 Å². The van der Waals surface area contributed by atoms with Crippen molar-refractivity contribution >= 4 is 11.6 Å². The van der Waals surface area contributed by atoms with Crippen molar-refractivity contribution in [2.75, 3.05) is 51.3 Å². The predicted octanol–water partition coefficient (Wildman–Crippen LogP) is 2.31. The van der Waals surface area contributed by atoms with Crippen molar-refractivity contribution in [3.05, 3.63) is 29.8 Å². The molecule has 0 spiro atoms. The fraction of sp³-hybridized carbons (Fsp3) is 0.667. The highest BCUT2D eigenvalue weighted by Crippen LogP contribution is 2.21. The summed E-state index contributed by atoms with van der Waals surface area (Å²) in [6.45, 7) is 15.1. The van der Waals surface area contributed by atoms with Crippen LogP contribution in [0.25, 0.3) is 0 Å². The zero-order chi connectivity index (χ0) is 19.6. The van der Waals surface area contributed by atoms with Gasteiger partial charge in [0.1, 0.15) is 0 Å². The zero-order valence-electron chi connectivity index (χ0n) is 17.7. The molecule has 1 aliphatic heterocycles. The van der Waals surface area contributed by atoms with Crippen LogP contribution in [0.4, 0.5) is 5.69 Å². The van der Waals surface area contributed by atoms with Gasteiger partial charge in [-0.1, -0.05) is 18.2 Å². The number of guanidine groups is 1. The summed E-state index contributed by atoms with van der Waals surface area (Å²) in [6, 6.07) is 9.67. The molecule has 0 saturated carbocycles. The molecule has 1 fully saturated rings. The molecule has 152 valence electrons. The topological polar surface area (TPSA) is 52.1 Å². The summed E-state index contributed by atoms with van der Waals surface area (Å²) in [6.07, 6.45) is 0. The van der Waals surface area contributed by atoms with E-state index in [-0.39, 0.29) is 0 Å². The average Bonchev–Trinajstić information content (AvgIpc) is 2.67. The van der Waals surface area contributed by atoms with Crippen molar-refractivity contribution in [3.63, 3.8) is 0 Å². The van der Waals surface area contributed by atoms with Crippen LogP contribution < -0.4 is 15.5 Å². The van der Waals surface area contributed by atoms with Gasteiger partial charge in [0.25, 0.3) is 0 Å². The van der Waals surface area contributed by atoms with E-state index in [1.807, 2.05) is 7.05 Å². The number of hydrogen-bond acceptors (Lipinski definition) is 4. The van der Waals surface area contributed by atoms with Gasteiger partial charge in [0.05, 0.1) is 13.2 Å². The highest BCUT2D eigenvalue weighted by molar-refractivity contribution is 5.79. The van der Waals surface area contributed by atoms with Crippen LogP contribution >= 0.6 is 0 Å². The molecule has 0 radical (unpaired) electrons. The van der Waals surface area contributed by atoms with Crippen molar-refractivity contribution in [2.24, 2.45) is 4.99 Å². The first-order chi connectivity index (χ1) is 13.0. The Bertz CT molecular complexity index is 574. The van der Waals surface area contributed by atoms with E-state index in [0.717, 1.165) is 51.9 Å². The molecule has 27 heavy (non-hydrogen) atoms. The number of nitrogens with one attached hydrogen (secondary N) is 2. The van der Waals surface area contributed by atoms with Crippen LogP contribution in [0, 0.1) is 0 Å². The maximum absolute atomic E-state index is 5.48. The Hall–Kier alpha value is -1.79. The van der Waals surface area contributed by atoms with Gasteiger partial charge in [-0.15, -0.1) is 0 Å². The molecule has 6 heteroatoms. The maximum atomic E-state index is 5.48. The van der Waals surface area contributed by atoms with Crippen molar-refractivity contribution in [3.8, 4) is 0 Å². The third kappa shape index (κ3) is 6.70. The van der Waals surface area contributed by atoms with Crippen molar-refractivity contribution in [1.82, 2.24) is 15.5 Å². The quantitative estimate of drug-likeness (QED) is 0.539. The fourth-order valence-electron chi connectivity index (χ4n) is 3.59. The summed E-state index contributed by atoms with van der Waals surface area (Å²) >= 11 is 0. The number of hydrogen-bond donors (Lipinski definition) is 2. The van der Waals surface area contributed by atoms with Gasteiger partial charge < -0.3 is 20.3 Å². The third-order valence-corrected chi connectivity index (χ3v) is 5.00. The van der Waals surface area contributed by atoms with Gasteiger partial charge in [0, 0.05) is 57.5 Å². The van der Waals surface area contributed by atoms with Crippen molar-refractivity contribution in [2.45, 2.75) is 46.3 Å². The number of anilines is 1. The van der Waals surface area contributed by atoms with E-state index in [1.54, 1.807) is 0 Å². The predicted molar refractivity (Wildman–Crippen MR) is 115 cm³/mol. The van der Waals surface area contributed by atoms with Crippen LogP contribution in [-0.4, -0.2) is 69.4 Å². The summed E-state index contributed by atoms with van der Waals surface area (Å²) in [5.74, 6) is 0.847. The number of para-hydroxylation sites is 1. The van der Waals surface area contributed by atoms with Crippen LogP contribution in [-0.2, 0) is 11.3 Å². The number of benzene rings is 1. The minimum atomic E-state index is 0.544. The normalized spacial score (nSPS) is 15.7. The summed E-state index contributed by atoms with van der Waals surface area (Å²) in [4.78, 5) is 9.26. The van der Waals surface area contributed by atoms with Gasteiger partial charge in [-0.05, 0) is 39.3 Å². The van der Waals surface area contributed by atoms with Crippen molar-refractivity contribution < 1.29 is 4.74 Å². The van der Waals surface area contributed by atoms with Crippen molar-refractivity contribution in [1.29, 1.82) is 0 Å². The summed E-state index contributed by atoms with van der Waals surface area (Å²) in [5, 5.41) is 6.90. The van der Waals surface area contributed by atoms with Crippen LogP contribution in [0.5, 0.6) is 0 Å². The first-order valence-electron chi connectivity index (χ1n) is 10.1. The van der Waals surface area contributed by atoms with E-state index in [1.165, 1.54) is 11.3 Å². The largest absolute Gasteiger partial charge is 0.378 e. The molecule has 1 aromatic carbocycles. The minimum absolute atomic E-state index is 0.544. The van der Waals surface area contributed by atoms with Crippen LogP contribution in [0.15, 0.2) is 29.3 Å². The van der Waals surface area contributed by atoms with Gasteiger partial charge in [0.2, 0.25) is 0 Å². The standard InChI is InChI=1S/C21H37N5O/c1-17(2)26(18(3)4)11-10-23-21(22-5)24-16-19-8-6-7-9-20(19)25-12-14-27-15-13-25/h6-9,17-18H,10-16H2,1-5H3,(H2,22,23,24). The first kappa shape index (κ1) is 21.5. The van der Waals surface area contributed by atoms with E-state index < -0.39 is 0 Å². The molecule has 1 heterocycles. The van der Waals surface area contributed by atoms with E-state index in [0.29, 0.717) is 12.1 Å². The average molecular weight is 376 g/mol. The Morgan fingerprint density at radius 3 is 2.41 bits per heavy atom. The highest BCUT2D eigenvalue weighted by Gasteiger charge is 2.15. The fourth-order valence-corrected chi connectivity index (χ4v) is 3.59. The molecule has 0 aromatic heterocycles. The summed E-state index contributed by atoms with van der Waals surface area (Å²) in [5.41, 5.74) is 2.57. The lowest BCUT2D eigenvalue weighted by molar-refractivity contribution is 0.122. The monoisotopic (exact) mass is 375 g/mol. The Kier molecular flexibility index (Phi) is 8.88. The lowest BCUT2D eigenvalue weighted by Gasteiger charge is -2.31. The minimum Gasteiger partial charge on any atom is -0.378 e. The molecule has 2 N–H and O–H groups in total. The second-order valence-corrected chi connectivity index (χ2v) is 7.51. The Morgan fingerprint density at radius 2 is 1.78 bits per heavy atom. The van der Waals surface area contributed by atoms with Crippen LogP contribution in [0.2, 0.25) is 0 Å². The summed E-state index contributed by atoms with van der Waals surface area (Å²) < 4.78 is 5.48. The molecule has 0 unspecified atom stereocenters. The summed E-state index contributed by atoms with van der Waals surface area (Å²) in [7, 11) is 1.83. The van der Waals surface area contributed by atoms with E-state index in [2.05, 4.69) is 77.4 Å². The molecule has 0 bridgehead atoms. The zero-order valence-corrected chi connectivity index (χ0v) is 17.7. The Labute approximate surface area is 165 Å². The molecular formula is C21H37N5O. The number of rotatable bonds is 8. The molecule has 6 nitrogen and oxygen atoms in total. The van der Waals surface area contributed by atoms with Crippen LogP contribution in [0.1, 0.15) is 33.3 Å². The van der Waals surface area contributed by atoms with Crippen LogP contribution in [0.3, 0.4) is 0 Å². The number of nitrogens with zero attached hydrogens (tertiary/aromatic N) is 3. The first-order valence-corrected chi connectivity index (χ1v) is 10.1. The number of morpholine rings is 1. The molecular weight excluding hydrogens is 338 g/mol. The molecule has 0 aliphatic carbocycles. The maximum Gasteiger partial charge on any atom is 0.191 e. The molecule has 1 aliphatic rings. The van der Waals surface area contributed by atoms with Gasteiger partial charge in [0.15, 0.2) is 5.96 Å². The molecule has 2 rings (SSSR count). The number of aliphatic imine (C=N–C) groups is 1. The second-order valence-electron chi connectivity index (χ2n) is 7.51. The molecule has 1 aromatic rings.